The van der Waals surface area contributed by atoms with E-state index in [0.29, 0.717) is 13.0 Å². The van der Waals surface area contributed by atoms with E-state index in [1.807, 2.05) is 13.8 Å². The Kier molecular flexibility index (Phi) is 5.85. The molecule has 0 saturated carbocycles. The smallest absolute Gasteiger partial charge is 0.316 e. The van der Waals surface area contributed by atoms with Crippen molar-refractivity contribution in [3.63, 3.8) is 0 Å². The lowest BCUT2D eigenvalue weighted by molar-refractivity contribution is -0.139. The Morgan fingerprint density at radius 1 is 1.37 bits per heavy atom. The number of aryl methyl sites for hydroxylation is 2. The van der Waals surface area contributed by atoms with Gasteiger partial charge in [-0.15, -0.1) is 0 Å². The molecular formula is C12H19BrF3N3. The van der Waals surface area contributed by atoms with E-state index in [2.05, 4.69) is 26.3 Å². The van der Waals surface area contributed by atoms with Crippen molar-refractivity contribution < 1.29 is 13.2 Å². The number of halogens is 4. The van der Waals surface area contributed by atoms with Gasteiger partial charge in [0.15, 0.2) is 0 Å². The number of nitrogens with one attached hydrogen (secondary N) is 1. The minimum Gasteiger partial charge on any atom is -0.316 e. The largest absolute Gasteiger partial charge is 0.390 e. The summed E-state index contributed by atoms with van der Waals surface area (Å²) >= 11 is 3.45. The molecular weight excluding hydrogens is 323 g/mol. The molecule has 7 heteroatoms. The zero-order valence-corrected chi connectivity index (χ0v) is 12.9. The van der Waals surface area contributed by atoms with Crippen LogP contribution in [-0.2, 0) is 19.4 Å². The molecule has 1 rings (SSSR count). The van der Waals surface area contributed by atoms with Gasteiger partial charge >= 0.3 is 6.18 Å². The predicted octanol–water partition coefficient (Wildman–Crippen LogP) is 3.31. The van der Waals surface area contributed by atoms with Crippen molar-refractivity contribution in [1.29, 1.82) is 0 Å². The maximum atomic E-state index is 12.5. The van der Waals surface area contributed by atoms with Crippen molar-refractivity contribution in [1.82, 2.24) is 15.1 Å². The third-order valence-corrected chi connectivity index (χ3v) is 3.94. The molecule has 0 aliphatic heterocycles. The van der Waals surface area contributed by atoms with Crippen LogP contribution in [0.25, 0.3) is 0 Å². The van der Waals surface area contributed by atoms with Crippen LogP contribution in [0.3, 0.4) is 0 Å². The van der Waals surface area contributed by atoms with Crippen LogP contribution in [0, 0.1) is 0 Å². The predicted molar refractivity (Wildman–Crippen MR) is 72.2 cm³/mol. The average molecular weight is 342 g/mol. The van der Waals surface area contributed by atoms with Crippen molar-refractivity contribution in [3.05, 3.63) is 15.9 Å². The minimum atomic E-state index is -4.16. The van der Waals surface area contributed by atoms with Gasteiger partial charge in [0.25, 0.3) is 0 Å². The first-order valence-corrected chi connectivity index (χ1v) is 7.09. The van der Waals surface area contributed by atoms with E-state index >= 15 is 0 Å². The van der Waals surface area contributed by atoms with Gasteiger partial charge < -0.3 is 5.32 Å². The number of aromatic nitrogens is 2. The van der Waals surface area contributed by atoms with Gasteiger partial charge in [-0.3, -0.25) is 4.68 Å². The second-order valence-corrected chi connectivity index (χ2v) is 5.18. The standard InChI is InChI=1S/C12H19BrF3N3/c1-4-9-11(13)10(19(5-2)18-9)6-8(17-3)7-12(14,15)16/h8,17H,4-7H2,1-3H3. The van der Waals surface area contributed by atoms with Gasteiger partial charge in [-0.2, -0.15) is 18.3 Å². The molecule has 1 atom stereocenters. The molecule has 1 aromatic heterocycles. The number of hydrogen-bond acceptors (Lipinski definition) is 2. The Balaban J connectivity index is 2.93. The Bertz CT molecular complexity index is 415. The van der Waals surface area contributed by atoms with E-state index in [9.17, 15) is 13.2 Å². The summed E-state index contributed by atoms with van der Waals surface area (Å²) in [6.07, 6.45) is -3.95. The van der Waals surface area contributed by atoms with Gasteiger partial charge in [0.2, 0.25) is 0 Å². The van der Waals surface area contributed by atoms with Crippen LogP contribution in [0.4, 0.5) is 13.2 Å². The van der Waals surface area contributed by atoms with Crippen LogP contribution in [0.2, 0.25) is 0 Å². The van der Waals surface area contributed by atoms with E-state index in [1.54, 1.807) is 11.7 Å². The van der Waals surface area contributed by atoms with Gasteiger partial charge in [-0.25, -0.2) is 0 Å². The molecule has 0 radical (unpaired) electrons. The SMILES string of the molecule is CCc1nn(CC)c(CC(CC(F)(F)F)NC)c1Br. The highest BCUT2D eigenvalue weighted by Crippen LogP contribution is 2.27. The summed E-state index contributed by atoms with van der Waals surface area (Å²) in [5, 5.41) is 7.12. The van der Waals surface area contributed by atoms with Crippen molar-refractivity contribution in [2.24, 2.45) is 0 Å². The van der Waals surface area contributed by atoms with E-state index in [1.165, 1.54) is 0 Å². The molecule has 0 aromatic carbocycles. The van der Waals surface area contributed by atoms with E-state index in [0.717, 1.165) is 22.3 Å². The van der Waals surface area contributed by atoms with Gasteiger partial charge in [0.1, 0.15) is 0 Å². The zero-order valence-electron chi connectivity index (χ0n) is 11.3. The van der Waals surface area contributed by atoms with Crippen LogP contribution in [0.5, 0.6) is 0 Å². The minimum absolute atomic E-state index is 0.303. The molecule has 0 bridgehead atoms. The van der Waals surface area contributed by atoms with Crippen LogP contribution in [0.1, 0.15) is 31.7 Å². The molecule has 0 aliphatic rings. The molecule has 0 fully saturated rings. The summed E-state index contributed by atoms with van der Waals surface area (Å²) in [6, 6.07) is -0.636. The Morgan fingerprint density at radius 3 is 2.42 bits per heavy atom. The van der Waals surface area contributed by atoms with Crippen LogP contribution in [-0.4, -0.2) is 29.0 Å². The second-order valence-electron chi connectivity index (χ2n) is 4.39. The summed E-state index contributed by atoms with van der Waals surface area (Å²) in [7, 11) is 1.55. The summed E-state index contributed by atoms with van der Waals surface area (Å²) in [6.45, 7) is 4.55. The highest BCUT2D eigenvalue weighted by Gasteiger charge is 2.32. The molecule has 1 heterocycles. The van der Waals surface area contributed by atoms with Crippen LogP contribution < -0.4 is 5.32 Å². The first-order valence-electron chi connectivity index (χ1n) is 6.30. The Labute approximate surface area is 119 Å². The summed E-state index contributed by atoms with van der Waals surface area (Å²) in [4.78, 5) is 0. The fourth-order valence-corrected chi connectivity index (χ4v) is 2.73. The first-order chi connectivity index (χ1) is 8.82. The molecule has 3 nitrogen and oxygen atoms in total. The normalized spacial score (nSPS) is 13.8. The third-order valence-electron chi connectivity index (χ3n) is 3.02. The number of likely N-dealkylation sites (N-methyl/N-ethyl adjacent to an activating group) is 1. The van der Waals surface area contributed by atoms with Crippen molar-refractivity contribution in [3.8, 4) is 0 Å². The number of nitrogens with zero attached hydrogens (tertiary/aromatic N) is 2. The highest BCUT2D eigenvalue weighted by molar-refractivity contribution is 9.10. The third kappa shape index (κ3) is 4.49. The molecule has 0 saturated heterocycles. The fraction of sp³-hybridized carbons (Fsp3) is 0.750. The fourth-order valence-electron chi connectivity index (χ4n) is 2.00. The molecule has 0 aliphatic carbocycles. The molecule has 19 heavy (non-hydrogen) atoms. The number of hydrogen-bond donors (Lipinski definition) is 1. The Morgan fingerprint density at radius 2 is 2.00 bits per heavy atom. The topological polar surface area (TPSA) is 29.9 Å². The lowest BCUT2D eigenvalue weighted by Crippen LogP contribution is -2.33. The second kappa shape index (κ2) is 6.74. The van der Waals surface area contributed by atoms with Gasteiger partial charge in [-0.05, 0) is 36.3 Å². The Hall–Kier alpha value is -0.560. The maximum absolute atomic E-state index is 12.5. The van der Waals surface area contributed by atoms with Gasteiger partial charge in [-0.1, -0.05) is 6.92 Å². The average Bonchev–Trinajstić information content (AvgIpc) is 2.63. The molecule has 110 valence electrons. The van der Waals surface area contributed by atoms with Crippen LogP contribution >= 0.6 is 15.9 Å². The van der Waals surface area contributed by atoms with Crippen molar-refractivity contribution in [2.75, 3.05) is 7.05 Å². The lowest BCUT2D eigenvalue weighted by Gasteiger charge is -2.18. The van der Waals surface area contributed by atoms with E-state index < -0.39 is 18.6 Å². The number of rotatable bonds is 6. The zero-order chi connectivity index (χ0) is 14.6. The highest BCUT2D eigenvalue weighted by atomic mass is 79.9. The summed E-state index contributed by atoms with van der Waals surface area (Å²) in [5.74, 6) is 0. The quantitative estimate of drug-likeness (QED) is 0.860. The first kappa shape index (κ1) is 16.5. The maximum Gasteiger partial charge on any atom is 0.390 e. The molecule has 1 aromatic rings. The molecule has 0 amide bonds. The van der Waals surface area contributed by atoms with Crippen molar-refractivity contribution >= 4 is 15.9 Å². The monoisotopic (exact) mass is 341 g/mol. The van der Waals surface area contributed by atoms with Gasteiger partial charge in [0, 0.05) is 19.0 Å². The summed E-state index contributed by atoms with van der Waals surface area (Å²) in [5.41, 5.74) is 1.71. The lowest BCUT2D eigenvalue weighted by atomic mass is 10.1. The number of alkyl halides is 3. The molecule has 1 unspecified atom stereocenters. The van der Waals surface area contributed by atoms with E-state index in [4.69, 9.17) is 0 Å². The summed E-state index contributed by atoms with van der Waals surface area (Å²) < 4.78 is 40.0. The van der Waals surface area contributed by atoms with E-state index in [-0.39, 0.29) is 0 Å². The molecule has 1 N–H and O–H groups in total. The van der Waals surface area contributed by atoms with Gasteiger partial charge in [0.05, 0.1) is 22.3 Å². The van der Waals surface area contributed by atoms with Crippen molar-refractivity contribution in [2.45, 2.75) is 51.9 Å². The van der Waals surface area contributed by atoms with Crippen LogP contribution in [0.15, 0.2) is 4.47 Å². The molecule has 0 spiro atoms.